The van der Waals surface area contributed by atoms with Crippen molar-refractivity contribution in [3.63, 3.8) is 0 Å². The Morgan fingerprint density at radius 1 is 0.389 bits per heavy atom. The molecule has 0 aromatic carbocycles. The van der Waals surface area contributed by atoms with E-state index in [4.69, 9.17) is 0 Å². The van der Waals surface area contributed by atoms with E-state index in [1.165, 1.54) is 51.4 Å². The van der Waals surface area contributed by atoms with Gasteiger partial charge in [0.2, 0.25) is 0 Å². The minimum atomic E-state index is 1.02. The minimum Gasteiger partial charge on any atom is -0.0683 e. The molecule has 0 radical (unpaired) electrons. The van der Waals surface area contributed by atoms with Crippen molar-refractivity contribution in [2.45, 2.75) is 92.9 Å². The Morgan fingerprint density at radius 2 is 0.500 bits per heavy atom. The Morgan fingerprint density at radius 3 is 0.611 bits per heavy atom. The molecule has 0 heteroatoms. The van der Waals surface area contributed by atoms with E-state index >= 15 is 0 Å². The molecule has 0 atom stereocenters. The van der Waals surface area contributed by atoms with Gasteiger partial charge in [-0.25, -0.2) is 0 Å². The topological polar surface area (TPSA) is 0 Å². The highest BCUT2D eigenvalue weighted by Crippen LogP contribution is 2.27. The van der Waals surface area contributed by atoms with Crippen LogP contribution < -0.4 is 0 Å². The molecule has 0 aromatic rings. The summed E-state index contributed by atoms with van der Waals surface area (Å²) in [4.78, 5) is 0. The van der Waals surface area contributed by atoms with E-state index in [0.717, 1.165) is 23.7 Å². The third-order valence-corrected chi connectivity index (χ3v) is 4.61. The second-order valence-corrected chi connectivity index (χ2v) is 6.73. The van der Waals surface area contributed by atoms with Gasteiger partial charge in [0.25, 0.3) is 0 Å². The molecule has 2 saturated carbocycles. The zero-order chi connectivity index (χ0) is 14.0. The quantitative estimate of drug-likeness (QED) is 0.451. The van der Waals surface area contributed by atoms with Crippen LogP contribution in [0.1, 0.15) is 92.9 Å². The van der Waals surface area contributed by atoms with E-state index in [1.807, 2.05) is 13.8 Å². The molecule has 0 nitrogen and oxygen atoms in total. The molecule has 2 fully saturated rings. The van der Waals surface area contributed by atoms with Gasteiger partial charge in [-0.05, 0) is 23.7 Å². The van der Waals surface area contributed by atoms with Crippen LogP contribution in [0.2, 0.25) is 0 Å². The van der Waals surface area contributed by atoms with Crippen molar-refractivity contribution in [2.24, 2.45) is 23.7 Å². The first-order valence-corrected chi connectivity index (χ1v) is 8.58. The van der Waals surface area contributed by atoms with Gasteiger partial charge in [-0.1, -0.05) is 92.9 Å². The molecular formula is C18H38. The van der Waals surface area contributed by atoms with Crippen LogP contribution >= 0.6 is 0 Å². The summed E-state index contributed by atoms with van der Waals surface area (Å²) in [5.74, 6) is 4.08. The summed E-state index contributed by atoms with van der Waals surface area (Å²) in [5, 5.41) is 0. The lowest BCUT2D eigenvalue weighted by atomic mass is 9.84. The maximum atomic E-state index is 2.37. The van der Waals surface area contributed by atoms with Crippen molar-refractivity contribution in [2.75, 3.05) is 0 Å². The third kappa shape index (κ3) is 9.00. The standard InChI is InChI=1S/2C8H16.C2H6/c2*1-7-3-5-8(2)6-4-7;1-2/h2*7-8H,3-6H2,1-2H3;1-2H3. The lowest BCUT2D eigenvalue weighted by Crippen LogP contribution is -2.08. The highest BCUT2D eigenvalue weighted by Gasteiger charge is 2.13. The maximum absolute atomic E-state index is 2.37. The molecule has 18 heavy (non-hydrogen) atoms. The molecule has 0 aromatic heterocycles. The zero-order valence-electron chi connectivity index (χ0n) is 14.0. The fourth-order valence-corrected chi connectivity index (χ4v) is 2.85. The van der Waals surface area contributed by atoms with Crippen LogP contribution in [0.15, 0.2) is 0 Å². The van der Waals surface area contributed by atoms with E-state index in [2.05, 4.69) is 27.7 Å². The van der Waals surface area contributed by atoms with Gasteiger partial charge in [-0.15, -0.1) is 0 Å². The molecular weight excluding hydrogens is 216 g/mol. The van der Waals surface area contributed by atoms with Crippen molar-refractivity contribution in [3.05, 3.63) is 0 Å². The van der Waals surface area contributed by atoms with Gasteiger partial charge in [-0.2, -0.15) is 0 Å². The van der Waals surface area contributed by atoms with E-state index in [1.54, 1.807) is 0 Å². The second kappa shape index (κ2) is 10.9. The molecule has 110 valence electrons. The fourth-order valence-electron chi connectivity index (χ4n) is 2.85. The smallest absolute Gasteiger partial charge is 0.0443 e. The van der Waals surface area contributed by atoms with Crippen molar-refractivity contribution in [3.8, 4) is 0 Å². The van der Waals surface area contributed by atoms with Gasteiger partial charge in [-0.3, -0.25) is 0 Å². The monoisotopic (exact) mass is 254 g/mol. The average molecular weight is 255 g/mol. The molecule has 0 aliphatic heterocycles. The first kappa shape index (κ1) is 18.0. The third-order valence-electron chi connectivity index (χ3n) is 4.61. The summed E-state index contributed by atoms with van der Waals surface area (Å²) < 4.78 is 0. The molecule has 2 aliphatic carbocycles. The summed E-state index contributed by atoms with van der Waals surface area (Å²) in [6, 6.07) is 0. The van der Waals surface area contributed by atoms with Crippen LogP contribution in [-0.4, -0.2) is 0 Å². The Bertz CT molecular complexity index is 117. The van der Waals surface area contributed by atoms with Gasteiger partial charge >= 0.3 is 0 Å². The van der Waals surface area contributed by atoms with Crippen LogP contribution in [0.4, 0.5) is 0 Å². The normalized spacial score (nSPS) is 35.7. The van der Waals surface area contributed by atoms with Gasteiger partial charge in [0.05, 0.1) is 0 Å². The van der Waals surface area contributed by atoms with Crippen molar-refractivity contribution < 1.29 is 0 Å². The molecule has 0 heterocycles. The highest BCUT2D eigenvalue weighted by atomic mass is 14.2. The molecule has 0 saturated heterocycles. The molecule has 0 unspecified atom stereocenters. The second-order valence-electron chi connectivity index (χ2n) is 6.73. The Labute approximate surface area is 117 Å². The van der Waals surface area contributed by atoms with Crippen LogP contribution in [0.25, 0.3) is 0 Å². The predicted octanol–water partition coefficient (Wildman–Crippen LogP) is 6.69. The molecule has 2 aliphatic rings. The van der Waals surface area contributed by atoms with Crippen molar-refractivity contribution in [1.82, 2.24) is 0 Å². The minimum absolute atomic E-state index is 1.02. The zero-order valence-corrected chi connectivity index (χ0v) is 14.0. The van der Waals surface area contributed by atoms with Gasteiger partial charge in [0.15, 0.2) is 0 Å². The molecule has 2 rings (SSSR count). The van der Waals surface area contributed by atoms with Crippen LogP contribution in [0.5, 0.6) is 0 Å². The SMILES string of the molecule is CC.CC1CCC(C)CC1.CC1CCC(C)CC1. The summed E-state index contributed by atoms with van der Waals surface area (Å²) in [7, 11) is 0. The Balaban J connectivity index is 0.000000283. The summed E-state index contributed by atoms with van der Waals surface area (Å²) >= 11 is 0. The lowest BCUT2D eigenvalue weighted by Gasteiger charge is -2.22. The average Bonchev–Trinajstić information content (AvgIpc) is 2.40. The largest absolute Gasteiger partial charge is 0.0683 e. The number of rotatable bonds is 0. The van der Waals surface area contributed by atoms with Crippen LogP contribution in [0.3, 0.4) is 0 Å². The van der Waals surface area contributed by atoms with E-state index in [-0.39, 0.29) is 0 Å². The predicted molar refractivity (Wildman–Crippen MR) is 84.9 cm³/mol. The molecule has 0 spiro atoms. The molecule has 0 bridgehead atoms. The van der Waals surface area contributed by atoms with E-state index in [0.29, 0.717) is 0 Å². The summed E-state index contributed by atoms with van der Waals surface area (Å²) in [6.45, 7) is 13.5. The Kier molecular flexibility index (Phi) is 10.9. The molecule has 0 amide bonds. The highest BCUT2D eigenvalue weighted by molar-refractivity contribution is 4.66. The maximum Gasteiger partial charge on any atom is -0.0443 e. The number of hydrogen-bond acceptors (Lipinski definition) is 0. The Hall–Kier alpha value is 0. The summed E-state index contributed by atoms with van der Waals surface area (Å²) in [5.41, 5.74) is 0. The number of hydrogen-bond donors (Lipinski definition) is 0. The lowest BCUT2D eigenvalue weighted by molar-refractivity contribution is 0.308. The van der Waals surface area contributed by atoms with E-state index < -0.39 is 0 Å². The van der Waals surface area contributed by atoms with E-state index in [9.17, 15) is 0 Å². The first-order valence-electron chi connectivity index (χ1n) is 8.58. The van der Waals surface area contributed by atoms with Gasteiger partial charge in [0.1, 0.15) is 0 Å². The van der Waals surface area contributed by atoms with Gasteiger partial charge in [0, 0.05) is 0 Å². The van der Waals surface area contributed by atoms with Crippen LogP contribution in [-0.2, 0) is 0 Å². The van der Waals surface area contributed by atoms with Gasteiger partial charge < -0.3 is 0 Å². The first-order chi connectivity index (χ1) is 8.58. The van der Waals surface area contributed by atoms with Crippen molar-refractivity contribution in [1.29, 1.82) is 0 Å². The fraction of sp³-hybridized carbons (Fsp3) is 1.00. The summed E-state index contributed by atoms with van der Waals surface area (Å²) in [6.07, 6.45) is 11.8. The molecule has 0 N–H and O–H groups in total. The van der Waals surface area contributed by atoms with Crippen LogP contribution in [0, 0.1) is 23.7 Å². The van der Waals surface area contributed by atoms with Crippen molar-refractivity contribution >= 4 is 0 Å².